The zero-order valence-corrected chi connectivity index (χ0v) is 10.4. The molecule has 8 heteroatoms. The van der Waals surface area contributed by atoms with Crippen molar-refractivity contribution in [1.29, 1.82) is 0 Å². The average molecular weight is 285 g/mol. The van der Waals surface area contributed by atoms with E-state index in [0.29, 0.717) is 11.1 Å². The van der Waals surface area contributed by atoms with Crippen LogP contribution in [0.4, 0.5) is 17.1 Å². The van der Waals surface area contributed by atoms with E-state index < -0.39 is 15.6 Å². The average Bonchev–Trinajstić information content (AvgIpc) is 2.72. The number of nitro benzene ring substituents is 2. The van der Waals surface area contributed by atoms with E-state index in [1.165, 1.54) is 18.2 Å². The number of carbonyl (C=O) groups is 1. The van der Waals surface area contributed by atoms with Crippen molar-refractivity contribution in [3.05, 3.63) is 61.7 Å². The summed E-state index contributed by atoms with van der Waals surface area (Å²) in [5, 5.41) is 21.6. The lowest BCUT2D eigenvalue weighted by atomic mass is 10.0. The third kappa shape index (κ3) is 1.73. The second-order valence-electron chi connectivity index (χ2n) is 4.53. The molecule has 0 saturated heterocycles. The Kier molecular flexibility index (Phi) is 2.49. The van der Waals surface area contributed by atoms with Crippen LogP contribution in [0.5, 0.6) is 0 Å². The molecule has 2 N–H and O–H groups in total. The fraction of sp³-hybridized carbons (Fsp3) is 0. The summed E-state index contributed by atoms with van der Waals surface area (Å²) in [5.74, 6) is -0.501. The first-order valence-electron chi connectivity index (χ1n) is 5.81. The first kappa shape index (κ1) is 12.7. The van der Waals surface area contributed by atoms with E-state index in [2.05, 4.69) is 0 Å². The maximum absolute atomic E-state index is 12.3. The Labute approximate surface area is 117 Å². The van der Waals surface area contributed by atoms with Crippen LogP contribution in [-0.2, 0) is 0 Å². The largest absolute Gasteiger partial charge is 0.398 e. The highest BCUT2D eigenvalue weighted by Gasteiger charge is 2.32. The quantitative estimate of drug-likeness (QED) is 0.436. The molecule has 0 spiro atoms. The molecule has 1 aliphatic rings. The van der Waals surface area contributed by atoms with Crippen molar-refractivity contribution in [2.75, 3.05) is 5.73 Å². The van der Waals surface area contributed by atoms with Crippen LogP contribution in [0.3, 0.4) is 0 Å². The molecule has 0 aliphatic heterocycles. The van der Waals surface area contributed by atoms with Crippen LogP contribution < -0.4 is 5.73 Å². The Hall–Kier alpha value is -3.29. The summed E-state index contributed by atoms with van der Waals surface area (Å²) in [6, 6.07) is 6.16. The summed E-state index contributed by atoms with van der Waals surface area (Å²) in [5.41, 5.74) is 6.45. The molecule has 0 amide bonds. The zero-order valence-electron chi connectivity index (χ0n) is 10.4. The number of rotatable bonds is 2. The number of hydrogen-bond donors (Lipinski definition) is 1. The van der Waals surface area contributed by atoms with Gasteiger partial charge in [0.1, 0.15) is 0 Å². The van der Waals surface area contributed by atoms with E-state index in [4.69, 9.17) is 5.73 Å². The number of fused-ring (bicyclic) bond motifs is 3. The van der Waals surface area contributed by atoms with Gasteiger partial charge < -0.3 is 5.73 Å². The Morgan fingerprint density at radius 1 is 0.857 bits per heavy atom. The zero-order chi connectivity index (χ0) is 15.3. The number of ketones is 1. The standard InChI is InChI=1S/C13H7N3O5/c14-11-5-7(16(20)21)4-10-12(11)8-2-1-6(15(18)19)3-9(8)13(10)17/h1-5H,14H2. The molecule has 21 heavy (non-hydrogen) atoms. The number of nitrogens with zero attached hydrogens (tertiary/aromatic N) is 2. The number of nitrogens with two attached hydrogens (primary N) is 1. The molecule has 0 heterocycles. The molecule has 8 nitrogen and oxygen atoms in total. The van der Waals surface area contributed by atoms with Gasteiger partial charge in [-0.15, -0.1) is 0 Å². The number of non-ortho nitro benzene ring substituents is 2. The van der Waals surface area contributed by atoms with Gasteiger partial charge in [0, 0.05) is 46.6 Å². The lowest BCUT2D eigenvalue weighted by molar-refractivity contribution is -0.385. The maximum Gasteiger partial charge on any atom is 0.272 e. The third-order valence-electron chi connectivity index (χ3n) is 3.34. The van der Waals surface area contributed by atoms with E-state index in [0.717, 1.165) is 12.1 Å². The Morgan fingerprint density at radius 2 is 1.48 bits per heavy atom. The van der Waals surface area contributed by atoms with Crippen LogP contribution in [0.1, 0.15) is 15.9 Å². The van der Waals surface area contributed by atoms with Crippen molar-refractivity contribution < 1.29 is 14.6 Å². The summed E-state index contributed by atoms with van der Waals surface area (Å²) in [7, 11) is 0. The molecule has 2 aromatic carbocycles. The van der Waals surface area contributed by atoms with Crippen molar-refractivity contribution >= 4 is 22.8 Å². The third-order valence-corrected chi connectivity index (χ3v) is 3.34. The minimum atomic E-state index is -0.643. The number of nitro groups is 2. The number of benzene rings is 2. The summed E-state index contributed by atoms with van der Waals surface area (Å²) in [6.45, 7) is 0. The normalized spacial score (nSPS) is 11.9. The van der Waals surface area contributed by atoms with E-state index >= 15 is 0 Å². The fourth-order valence-electron chi connectivity index (χ4n) is 2.43. The highest BCUT2D eigenvalue weighted by molar-refractivity contribution is 6.24. The molecular weight excluding hydrogens is 278 g/mol. The van der Waals surface area contributed by atoms with Crippen LogP contribution in [0.15, 0.2) is 30.3 Å². The van der Waals surface area contributed by atoms with Crippen LogP contribution in [0.25, 0.3) is 11.1 Å². The molecule has 0 bridgehead atoms. The lowest BCUT2D eigenvalue weighted by Gasteiger charge is -2.04. The highest BCUT2D eigenvalue weighted by Crippen LogP contribution is 2.43. The Bertz CT molecular complexity index is 844. The molecule has 1 aliphatic carbocycles. The van der Waals surface area contributed by atoms with Gasteiger partial charge in [-0.3, -0.25) is 25.0 Å². The number of hydrogen-bond acceptors (Lipinski definition) is 6. The number of nitrogen functional groups attached to an aromatic ring is 1. The van der Waals surface area contributed by atoms with Gasteiger partial charge >= 0.3 is 0 Å². The van der Waals surface area contributed by atoms with Gasteiger partial charge in [0.15, 0.2) is 5.78 Å². The van der Waals surface area contributed by atoms with Gasteiger partial charge in [0.05, 0.1) is 9.85 Å². The molecule has 0 aromatic heterocycles. The summed E-state index contributed by atoms with van der Waals surface area (Å²) >= 11 is 0. The summed E-state index contributed by atoms with van der Waals surface area (Å²) in [6.07, 6.45) is 0. The smallest absolute Gasteiger partial charge is 0.272 e. The monoisotopic (exact) mass is 285 g/mol. The van der Waals surface area contributed by atoms with Crippen LogP contribution in [0.2, 0.25) is 0 Å². The lowest BCUT2D eigenvalue weighted by Crippen LogP contribution is -1.99. The van der Waals surface area contributed by atoms with Crippen molar-refractivity contribution in [3.63, 3.8) is 0 Å². The summed E-state index contributed by atoms with van der Waals surface area (Å²) < 4.78 is 0. The predicted molar refractivity (Wildman–Crippen MR) is 73.0 cm³/mol. The predicted octanol–water partition coefficient (Wildman–Crippen LogP) is 2.30. The maximum atomic E-state index is 12.3. The highest BCUT2D eigenvalue weighted by atomic mass is 16.6. The van der Waals surface area contributed by atoms with E-state index in [1.54, 1.807) is 0 Å². The van der Waals surface area contributed by atoms with Gasteiger partial charge in [-0.05, 0) is 11.6 Å². The first-order chi connectivity index (χ1) is 9.90. The minimum absolute atomic E-state index is 0.0946. The number of anilines is 1. The molecule has 0 atom stereocenters. The van der Waals surface area contributed by atoms with Gasteiger partial charge in [-0.2, -0.15) is 0 Å². The molecule has 0 saturated carbocycles. The topological polar surface area (TPSA) is 129 Å². The Balaban J connectivity index is 2.28. The van der Waals surface area contributed by atoms with Gasteiger partial charge in [-0.25, -0.2) is 0 Å². The SMILES string of the molecule is Nc1cc([N+](=O)[O-])cc2c1-c1ccc([N+](=O)[O-])cc1C2=O. The second kappa shape index (κ2) is 4.10. The number of carbonyl (C=O) groups excluding carboxylic acids is 1. The summed E-state index contributed by atoms with van der Waals surface area (Å²) in [4.78, 5) is 32.6. The molecule has 0 unspecified atom stereocenters. The van der Waals surface area contributed by atoms with Gasteiger partial charge in [-0.1, -0.05) is 0 Å². The first-order valence-corrected chi connectivity index (χ1v) is 5.81. The fourth-order valence-corrected chi connectivity index (χ4v) is 2.43. The van der Waals surface area contributed by atoms with Crippen molar-refractivity contribution in [2.24, 2.45) is 0 Å². The van der Waals surface area contributed by atoms with Gasteiger partial charge in [0.25, 0.3) is 11.4 Å². The molecule has 3 rings (SSSR count). The van der Waals surface area contributed by atoms with Crippen LogP contribution in [-0.4, -0.2) is 15.6 Å². The molecule has 0 radical (unpaired) electrons. The Morgan fingerprint density at radius 3 is 2.10 bits per heavy atom. The molecule has 0 fully saturated rings. The van der Waals surface area contributed by atoms with Crippen molar-refractivity contribution in [2.45, 2.75) is 0 Å². The van der Waals surface area contributed by atoms with E-state index in [9.17, 15) is 25.0 Å². The van der Waals surface area contributed by atoms with Crippen molar-refractivity contribution in [3.8, 4) is 11.1 Å². The molecular formula is C13H7N3O5. The van der Waals surface area contributed by atoms with Crippen LogP contribution >= 0.6 is 0 Å². The minimum Gasteiger partial charge on any atom is -0.398 e. The van der Waals surface area contributed by atoms with E-state index in [-0.39, 0.29) is 28.2 Å². The molecule has 2 aromatic rings. The second-order valence-corrected chi connectivity index (χ2v) is 4.53. The van der Waals surface area contributed by atoms with Crippen LogP contribution in [0, 0.1) is 20.2 Å². The van der Waals surface area contributed by atoms with Crippen molar-refractivity contribution in [1.82, 2.24) is 0 Å². The van der Waals surface area contributed by atoms with Gasteiger partial charge in [0.2, 0.25) is 0 Å². The molecule has 104 valence electrons. The van der Waals surface area contributed by atoms with E-state index in [1.807, 2.05) is 0 Å².